The topological polar surface area (TPSA) is 66.8 Å². The highest BCUT2D eigenvalue weighted by Crippen LogP contribution is 2.68. The summed E-state index contributed by atoms with van der Waals surface area (Å²) in [6, 6.07) is 1.31. The van der Waals surface area contributed by atoms with Gasteiger partial charge in [-0.2, -0.15) is 0 Å². The predicted molar refractivity (Wildman–Crippen MR) is 145 cm³/mol. The number of esters is 1. The Morgan fingerprint density at radius 2 is 1.86 bits per heavy atom. The molecule has 0 amide bonds. The second-order valence-electron chi connectivity index (χ2n) is 13.5. The van der Waals surface area contributed by atoms with Gasteiger partial charge in [-0.15, -0.1) is 18.3 Å². The number of piperidine rings is 1. The highest BCUT2D eigenvalue weighted by atomic mass is 32.2. The van der Waals surface area contributed by atoms with Gasteiger partial charge in [0.2, 0.25) is 0 Å². The first-order valence-corrected chi connectivity index (χ1v) is 15.4. The second-order valence-corrected chi connectivity index (χ2v) is 14.8. The van der Waals surface area contributed by atoms with Crippen molar-refractivity contribution in [3.05, 3.63) is 12.7 Å². The Hall–Kier alpha value is -0.850. The van der Waals surface area contributed by atoms with Gasteiger partial charge < -0.3 is 14.7 Å². The van der Waals surface area contributed by atoms with Crippen LogP contribution in [0.25, 0.3) is 0 Å². The van der Waals surface area contributed by atoms with Crippen molar-refractivity contribution in [2.45, 2.75) is 115 Å². The van der Waals surface area contributed by atoms with Gasteiger partial charge >= 0.3 is 5.97 Å². The molecule has 2 saturated heterocycles. The van der Waals surface area contributed by atoms with Crippen LogP contribution in [0.15, 0.2) is 12.7 Å². The molecule has 11 atom stereocenters. The number of thioether (sulfide) groups is 1. The number of rotatable bonds is 5. The molecule has 0 spiro atoms. The number of aliphatic hydroxyl groups excluding tert-OH is 1. The third-order valence-corrected chi connectivity index (χ3v) is 13.3. The molecule has 4 bridgehead atoms. The molecule has 3 saturated carbocycles. The number of Topliss-reactive ketones (excluding diaryl/α,β-unsaturated/α-hetero) is 1. The van der Waals surface area contributed by atoms with E-state index in [4.69, 9.17) is 4.74 Å². The lowest BCUT2D eigenvalue weighted by atomic mass is 9.44. The number of carbonyl (C=O) groups excluding carboxylic acids is 2. The Balaban J connectivity index is 1.39. The number of hydrogen-bond donors (Lipinski definition) is 1. The van der Waals surface area contributed by atoms with Gasteiger partial charge in [0.05, 0.1) is 11.9 Å². The SMILES string of the molecule is C=C[C@@]1(C)CC(OC(=O)CSC2C[C@H]3CC[C@@H](C2)N3C)[C@]2(C)C(C)CC[C@]3(CCC(=O)[C@H]32)C(C)C1O. The van der Waals surface area contributed by atoms with E-state index >= 15 is 0 Å². The Morgan fingerprint density at radius 1 is 1.19 bits per heavy atom. The van der Waals surface area contributed by atoms with Crippen LogP contribution >= 0.6 is 11.8 Å². The van der Waals surface area contributed by atoms with Crippen LogP contribution in [0.4, 0.5) is 0 Å². The number of fused-ring (bicyclic) bond motifs is 2. The predicted octanol–water partition coefficient (Wildman–Crippen LogP) is 5.25. The number of aliphatic hydroxyl groups is 1. The fourth-order valence-corrected chi connectivity index (χ4v) is 10.5. The van der Waals surface area contributed by atoms with Gasteiger partial charge in [-0.25, -0.2) is 0 Å². The van der Waals surface area contributed by atoms with Crippen molar-refractivity contribution < 1.29 is 19.4 Å². The molecule has 0 radical (unpaired) electrons. The van der Waals surface area contributed by atoms with E-state index in [2.05, 4.69) is 46.2 Å². The number of ketones is 1. The van der Waals surface area contributed by atoms with Gasteiger partial charge in [0.15, 0.2) is 0 Å². The molecule has 0 aromatic heterocycles. The maximum atomic E-state index is 13.5. The highest BCUT2D eigenvalue weighted by molar-refractivity contribution is 8.00. The van der Waals surface area contributed by atoms with E-state index in [9.17, 15) is 14.7 Å². The molecule has 5 unspecified atom stereocenters. The molecule has 2 heterocycles. The summed E-state index contributed by atoms with van der Waals surface area (Å²) in [6.07, 6.45) is 9.58. The smallest absolute Gasteiger partial charge is 0.316 e. The monoisotopic (exact) mass is 517 g/mol. The van der Waals surface area contributed by atoms with Crippen LogP contribution in [-0.4, -0.2) is 64.1 Å². The lowest BCUT2D eigenvalue weighted by Crippen LogP contribution is -2.63. The van der Waals surface area contributed by atoms with Crippen molar-refractivity contribution in [1.82, 2.24) is 4.90 Å². The average Bonchev–Trinajstić information content (AvgIpc) is 3.28. The van der Waals surface area contributed by atoms with Crippen molar-refractivity contribution in [3.8, 4) is 0 Å². The molecule has 5 rings (SSSR count). The Bertz CT molecular complexity index is 895. The summed E-state index contributed by atoms with van der Waals surface area (Å²) in [7, 11) is 2.24. The van der Waals surface area contributed by atoms with Crippen molar-refractivity contribution in [2.24, 2.45) is 34.0 Å². The van der Waals surface area contributed by atoms with E-state index in [1.807, 2.05) is 6.08 Å². The minimum atomic E-state index is -0.619. The molecule has 2 aliphatic heterocycles. The zero-order chi connectivity index (χ0) is 26.0. The maximum Gasteiger partial charge on any atom is 0.316 e. The van der Waals surface area contributed by atoms with Gasteiger partial charge in [-0.05, 0) is 75.7 Å². The zero-order valence-corrected chi connectivity index (χ0v) is 23.8. The van der Waals surface area contributed by atoms with Crippen LogP contribution < -0.4 is 0 Å². The lowest BCUT2D eigenvalue weighted by Gasteiger charge is -2.61. The number of hydrogen-bond acceptors (Lipinski definition) is 6. The molecule has 36 heavy (non-hydrogen) atoms. The second kappa shape index (κ2) is 9.41. The van der Waals surface area contributed by atoms with Crippen molar-refractivity contribution >= 4 is 23.5 Å². The van der Waals surface area contributed by atoms with E-state index in [0.717, 1.165) is 32.1 Å². The summed E-state index contributed by atoms with van der Waals surface area (Å²) < 4.78 is 6.42. The Kier molecular flexibility index (Phi) is 6.99. The summed E-state index contributed by atoms with van der Waals surface area (Å²) in [6.45, 7) is 12.8. The molecule has 6 heteroatoms. The lowest BCUT2D eigenvalue weighted by molar-refractivity contribution is -0.205. The molecule has 5 aliphatic rings. The number of carbonyl (C=O) groups is 2. The largest absolute Gasteiger partial charge is 0.461 e. The van der Waals surface area contributed by atoms with E-state index < -0.39 is 23.0 Å². The molecule has 3 aliphatic carbocycles. The van der Waals surface area contributed by atoms with Crippen molar-refractivity contribution in [3.63, 3.8) is 0 Å². The third-order valence-electron chi connectivity index (χ3n) is 12.1. The van der Waals surface area contributed by atoms with E-state index in [-0.39, 0.29) is 29.1 Å². The molecule has 5 fully saturated rings. The normalized spacial score (nSPS) is 50.8. The van der Waals surface area contributed by atoms with E-state index in [1.54, 1.807) is 11.8 Å². The van der Waals surface area contributed by atoms with Gasteiger partial charge in [-0.3, -0.25) is 9.59 Å². The first kappa shape index (κ1) is 26.7. The highest BCUT2D eigenvalue weighted by Gasteiger charge is 2.68. The van der Waals surface area contributed by atoms with Crippen LogP contribution in [-0.2, 0) is 14.3 Å². The number of nitrogens with zero attached hydrogens (tertiary/aromatic N) is 1. The van der Waals surface area contributed by atoms with E-state index in [1.165, 1.54) is 12.8 Å². The summed E-state index contributed by atoms with van der Waals surface area (Å²) in [4.78, 5) is 29.4. The van der Waals surface area contributed by atoms with Crippen molar-refractivity contribution in [1.29, 1.82) is 0 Å². The Labute approximate surface area is 222 Å². The maximum absolute atomic E-state index is 13.5. The summed E-state index contributed by atoms with van der Waals surface area (Å²) in [5, 5.41) is 12.2. The minimum Gasteiger partial charge on any atom is -0.461 e. The summed E-state index contributed by atoms with van der Waals surface area (Å²) in [5.74, 6) is 0.605. The number of ether oxygens (including phenoxy) is 1. The van der Waals surface area contributed by atoms with Gasteiger partial charge in [0.1, 0.15) is 11.9 Å². The van der Waals surface area contributed by atoms with Gasteiger partial charge in [-0.1, -0.05) is 33.8 Å². The average molecular weight is 518 g/mol. The van der Waals surface area contributed by atoms with Crippen LogP contribution in [0, 0.1) is 34.0 Å². The van der Waals surface area contributed by atoms with Gasteiger partial charge in [0, 0.05) is 40.5 Å². The van der Waals surface area contributed by atoms with Crippen molar-refractivity contribution in [2.75, 3.05) is 12.8 Å². The molecule has 0 aromatic carbocycles. The summed E-state index contributed by atoms with van der Waals surface area (Å²) >= 11 is 1.76. The fourth-order valence-electron chi connectivity index (χ4n) is 9.38. The molecule has 0 aromatic rings. The van der Waals surface area contributed by atoms with Crippen LogP contribution in [0.3, 0.4) is 0 Å². The van der Waals surface area contributed by atoms with Gasteiger partial charge in [0.25, 0.3) is 0 Å². The minimum absolute atomic E-state index is 0.00390. The molecule has 1 N–H and O–H groups in total. The molecule has 202 valence electrons. The third kappa shape index (κ3) is 3.95. The molecular formula is C30H47NO4S. The first-order valence-electron chi connectivity index (χ1n) is 14.3. The van der Waals surface area contributed by atoms with Crippen LogP contribution in [0.1, 0.15) is 85.5 Å². The molecule has 5 nitrogen and oxygen atoms in total. The summed E-state index contributed by atoms with van der Waals surface area (Å²) in [5.41, 5.74) is -1.24. The van der Waals surface area contributed by atoms with Crippen LogP contribution in [0.2, 0.25) is 0 Å². The molecular weight excluding hydrogens is 470 g/mol. The fraction of sp³-hybridized carbons (Fsp3) is 0.867. The quantitative estimate of drug-likeness (QED) is 0.397. The Morgan fingerprint density at radius 3 is 2.50 bits per heavy atom. The van der Waals surface area contributed by atoms with Crippen LogP contribution in [0.5, 0.6) is 0 Å². The van der Waals surface area contributed by atoms with E-state index in [0.29, 0.717) is 41.7 Å². The standard InChI is InChI=1S/C30H47NO4S/c1-7-28(4)16-24(35-25(33)17-36-22-14-20-8-9-21(15-22)31(20)6)29(5)18(2)10-12-30(19(3)27(28)34)13-11-23(32)26(29)30/h7,18-22,24,26-27,34H,1,8-17H2,2-6H3/t18?,19?,20-,21+,22?,24?,26-,27?,28-,29-,30-/m0/s1. The first-order chi connectivity index (χ1) is 17.0. The zero-order valence-electron chi connectivity index (χ0n) is 23.0.